The predicted molar refractivity (Wildman–Crippen MR) is 71.5 cm³/mol. The molecule has 0 radical (unpaired) electrons. The number of hydrogen-bond donors (Lipinski definition) is 2. The number of amides is 1. The lowest BCUT2D eigenvalue weighted by Gasteiger charge is -2.27. The van der Waals surface area contributed by atoms with Gasteiger partial charge in [0, 0.05) is 11.9 Å². The van der Waals surface area contributed by atoms with Crippen LogP contribution in [0.25, 0.3) is 0 Å². The smallest absolute Gasteiger partial charge is 0.255 e. The van der Waals surface area contributed by atoms with Crippen molar-refractivity contribution in [2.75, 3.05) is 13.0 Å². The van der Waals surface area contributed by atoms with Crippen molar-refractivity contribution in [1.29, 1.82) is 0 Å². The van der Waals surface area contributed by atoms with Crippen molar-refractivity contribution in [3.05, 3.63) is 23.8 Å². The Morgan fingerprint density at radius 3 is 2.67 bits per heavy atom. The van der Waals surface area contributed by atoms with Crippen molar-refractivity contribution in [2.45, 2.75) is 25.8 Å². The molecular formula is C13H18ClNO3. The molecule has 2 N–H and O–H groups in total. The molecule has 0 aliphatic heterocycles. The molecule has 1 amide bonds. The second-order valence-corrected chi connectivity index (χ2v) is 4.65. The summed E-state index contributed by atoms with van der Waals surface area (Å²) in [4.78, 5) is 12.0. The first kappa shape index (κ1) is 14.6. The van der Waals surface area contributed by atoms with E-state index >= 15 is 0 Å². The van der Waals surface area contributed by atoms with Crippen LogP contribution in [0.3, 0.4) is 0 Å². The highest BCUT2D eigenvalue weighted by molar-refractivity contribution is 6.18. The van der Waals surface area contributed by atoms with Gasteiger partial charge in [0.15, 0.2) is 0 Å². The maximum Gasteiger partial charge on any atom is 0.255 e. The second kappa shape index (κ2) is 5.96. The van der Waals surface area contributed by atoms with Gasteiger partial charge in [-0.3, -0.25) is 4.79 Å². The molecular weight excluding hydrogens is 254 g/mol. The number of methoxy groups -OCH3 is 1. The van der Waals surface area contributed by atoms with Gasteiger partial charge < -0.3 is 15.2 Å². The maximum absolute atomic E-state index is 12.0. The highest BCUT2D eigenvalue weighted by atomic mass is 35.5. The van der Waals surface area contributed by atoms with Crippen LogP contribution in [0.4, 0.5) is 0 Å². The van der Waals surface area contributed by atoms with Gasteiger partial charge in [-0.1, -0.05) is 6.92 Å². The highest BCUT2D eigenvalue weighted by Crippen LogP contribution is 2.24. The van der Waals surface area contributed by atoms with Crippen LogP contribution in [0.5, 0.6) is 11.5 Å². The Kier molecular flexibility index (Phi) is 4.84. The Bertz CT molecular complexity index is 430. The first-order valence-corrected chi connectivity index (χ1v) is 6.24. The molecule has 4 nitrogen and oxygen atoms in total. The summed E-state index contributed by atoms with van der Waals surface area (Å²) in [7, 11) is 1.50. The standard InChI is InChI=1S/C13H18ClNO3/c1-4-13(2,8-14)15-12(17)10-6-5-9(18-3)7-11(10)16/h5-7,16H,4,8H2,1-3H3,(H,15,17). The molecule has 1 atom stereocenters. The van der Waals surface area contributed by atoms with Gasteiger partial charge in [0.1, 0.15) is 11.5 Å². The average molecular weight is 272 g/mol. The van der Waals surface area contributed by atoms with Crippen molar-refractivity contribution in [2.24, 2.45) is 0 Å². The third-order valence-corrected chi connectivity index (χ3v) is 3.53. The largest absolute Gasteiger partial charge is 0.507 e. The van der Waals surface area contributed by atoms with Crippen LogP contribution >= 0.6 is 11.6 Å². The van der Waals surface area contributed by atoms with E-state index in [-0.39, 0.29) is 17.2 Å². The highest BCUT2D eigenvalue weighted by Gasteiger charge is 2.24. The molecule has 0 aromatic heterocycles. The van der Waals surface area contributed by atoms with E-state index < -0.39 is 5.54 Å². The number of halogens is 1. The summed E-state index contributed by atoms with van der Waals surface area (Å²) in [5.74, 6) is 0.353. The van der Waals surface area contributed by atoms with Crippen LogP contribution in [-0.4, -0.2) is 29.5 Å². The molecule has 5 heteroatoms. The Morgan fingerprint density at radius 2 is 2.22 bits per heavy atom. The molecule has 1 aromatic rings. The van der Waals surface area contributed by atoms with Crippen molar-refractivity contribution in [1.82, 2.24) is 5.32 Å². The minimum Gasteiger partial charge on any atom is -0.507 e. The fourth-order valence-electron chi connectivity index (χ4n) is 1.39. The van der Waals surface area contributed by atoms with Gasteiger partial charge in [0.25, 0.3) is 5.91 Å². The van der Waals surface area contributed by atoms with Gasteiger partial charge in [0.05, 0.1) is 18.2 Å². The summed E-state index contributed by atoms with van der Waals surface area (Å²) in [5, 5.41) is 12.6. The zero-order valence-electron chi connectivity index (χ0n) is 10.8. The molecule has 0 bridgehead atoms. The van der Waals surface area contributed by atoms with E-state index in [1.54, 1.807) is 6.07 Å². The van der Waals surface area contributed by atoms with Crippen LogP contribution in [0, 0.1) is 0 Å². The van der Waals surface area contributed by atoms with Gasteiger partial charge in [-0.25, -0.2) is 0 Å². The van der Waals surface area contributed by atoms with E-state index in [4.69, 9.17) is 16.3 Å². The van der Waals surface area contributed by atoms with Crippen molar-refractivity contribution < 1.29 is 14.6 Å². The van der Waals surface area contributed by atoms with E-state index in [1.807, 2.05) is 13.8 Å². The fourth-order valence-corrected chi connectivity index (χ4v) is 1.64. The Labute approximate surface area is 112 Å². The number of phenols is 1. The lowest BCUT2D eigenvalue weighted by molar-refractivity contribution is 0.0909. The molecule has 0 aliphatic carbocycles. The molecule has 0 saturated heterocycles. The minimum atomic E-state index is -0.481. The van der Waals surface area contributed by atoms with E-state index in [0.29, 0.717) is 18.1 Å². The molecule has 1 rings (SSSR count). The number of phenolic OH excluding ortho intramolecular Hbond substituents is 1. The number of benzene rings is 1. The molecule has 0 fully saturated rings. The monoisotopic (exact) mass is 271 g/mol. The summed E-state index contributed by atoms with van der Waals surface area (Å²) in [6, 6.07) is 4.55. The number of carbonyl (C=O) groups excluding carboxylic acids is 1. The Morgan fingerprint density at radius 1 is 1.56 bits per heavy atom. The van der Waals surface area contributed by atoms with E-state index in [9.17, 15) is 9.90 Å². The topological polar surface area (TPSA) is 58.6 Å². The number of rotatable bonds is 5. The number of aromatic hydroxyl groups is 1. The zero-order chi connectivity index (χ0) is 13.8. The van der Waals surface area contributed by atoms with Gasteiger partial charge in [-0.15, -0.1) is 11.6 Å². The van der Waals surface area contributed by atoms with Crippen LogP contribution in [0.15, 0.2) is 18.2 Å². The van der Waals surface area contributed by atoms with Crippen molar-refractivity contribution in [3.8, 4) is 11.5 Å². The molecule has 100 valence electrons. The quantitative estimate of drug-likeness (QED) is 0.809. The normalized spacial score (nSPS) is 13.8. The molecule has 0 heterocycles. The Hall–Kier alpha value is -1.42. The van der Waals surface area contributed by atoms with Crippen LogP contribution in [0.2, 0.25) is 0 Å². The van der Waals surface area contributed by atoms with Crippen molar-refractivity contribution in [3.63, 3.8) is 0 Å². The Balaban J connectivity index is 2.91. The minimum absolute atomic E-state index is 0.111. The number of ether oxygens (including phenoxy) is 1. The molecule has 1 unspecified atom stereocenters. The van der Waals surface area contributed by atoms with Gasteiger partial charge >= 0.3 is 0 Å². The fraction of sp³-hybridized carbons (Fsp3) is 0.462. The number of alkyl halides is 1. The van der Waals surface area contributed by atoms with Crippen LogP contribution < -0.4 is 10.1 Å². The summed E-state index contributed by atoms with van der Waals surface area (Å²) in [6.45, 7) is 3.80. The summed E-state index contributed by atoms with van der Waals surface area (Å²) < 4.78 is 4.96. The SMILES string of the molecule is CCC(C)(CCl)NC(=O)c1ccc(OC)cc1O. The van der Waals surface area contributed by atoms with E-state index in [1.165, 1.54) is 19.2 Å². The molecule has 1 aromatic carbocycles. The second-order valence-electron chi connectivity index (χ2n) is 4.39. The lowest BCUT2D eigenvalue weighted by atomic mass is 10.0. The number of nitrogens with one attached hydrogen (secondary N) is 1. The van der Waals surface area contributed by atoms with E-state index in [2.05, 4.69) is 5.32 Å². The van der Waals surface area contributed by atoms with Crippen LogP contribution in [-0.2, 0) is 0 Å². The molecule has 0 saturated carbocycles. The molecule has 0 spiro atoms. The first-order chi connectivity index (χ1) is 8.45. The lowest BCUT2D eigenvalue weighted by Crippen LogP contribution is -2.47. The van der Waals surface area contributed by atoms with Gasteiger partial charge in [-0.05, 0) is 25.5 Å². The third kappa shape index (κ3) is 3.29. The van der Waals surface area contributed by atoms with Gasteiger partial charge in [0.2, 0.25) is 0 Å². The third-order valence-electron chi connectivity index (χ3n) is 2.94. The first-order valence-electron chi connectivity index (χ1n) is 5.71. The maximum atomic E-state index is 12.0. The number of hydrogen-bond acceptors (Lipinski definition) is 3. The molecule has 0 aliphatic rings. The van der Waals surface area contributed by atoms with Crippen molar-refractivity contribution >= 4 is 17.5 Å². The summed E-state index contributed by atoms with van der Waals surface area (Å²) in [5.41, 5.74) is -0.272. The molecule has 18 heavy (non-hydrogen) atoms. The van der Waals surface area contributed by atoms with Crippen LogP contribution in [0.1, 0.15) is 30.6 Å². The number of carbonyl (C=O) groups is 1. The predicted octanol–water partition coefficient (Wildman–Crippen LogP) is 2.54. The summed E-state index contributed by atoms with van der Waals surface area (Å²) >= 11 is 5.83. The average Bonchev–Trinajstić information content (AvgIpc) is 2.38. The zero-order valence-corrected chi connectivity index (χ0v) is 11.5. The van der Waals surface area contributed by atoms with E-state index in [0.717, 1.165) is 0 Å². The van der Waals surface area contributed by atoms with Gasteiger partial charge in [-0.2, -0.15) is 0 Å². The summed E-state index contributed by atoms with van der Waals surface area (Å²) in [6.07, 6.45) is 0.707.